The van der Waals surface area contributed by atoms with Crippen LogP contribution in [0.4, 0.5) is 8.78 Å². The van der Waals surface area contributed by atoms with E-state index in [4.69, 9.17) is 14.6 Å². The molecule has 0 aliphatic rings. The zero-order chi connectivity index (χ0) is 12.3. The van der Waals surface area contributed by atoms with Crippen molar-refractivity contribution < 1.29 is 28.2 Å². The third-order valence-corrected chi connectivity index (χ3v) is 2.02. The van der Waals surface area contributed by atoms with Crippen LogP contribution in [-0.4, -0.2) is 25.3 Å². The van der Waals surface area contributed by atoms with Crippen molar-refractivity contribution >= 4 is 5.97 Å². The summed E-state index contributed by atoms with van der Waals surface area (Å²) in [5, 5.41) is 8.82. The molecule has 0 saturated carbocycles. The Morgan fingerprint density at radius 1 is 1.25 bits per heavy atom. The highest BCUT2D eigenvalue weighted by molar-refractivity contribution is 5.91. The number of carboxylic acid groups (broad SMARTS) is 1. The number of benzene rings is 1. The number of rotatable bonds is 4. The Labute approximate surface area is 90.4 Å². The summed E-state index contributed by atoms with van der Waals surface area (Å²) in [4.78, 5) is 10.8. The molecule has 0 aliphatic heterocycles. The maximum Gasteiger partial charge on any atom is 0.339 e. The molecule has 0 bridgehead atoms. The van der Waals surface area contributed by atoms with Gasteiger partial charge in [-0.1, -0.05) is 0 Å². The summed E-state index contributed by atoms with van der Waals surface area (Å²) < 4.78 is 34.6. The van der Waals surface area contributed by atoms with Crippen LogP contribution in [0, 0.1) is 0 Å². The third kappa shape index (κ3) is 2.21. The monoisotopic (exact) mass is 232 g/mol. The van der Waals surface area contributed by atoms with E-state index in [9.17, 15) is 13.6 Å². The lowest BCUT2D eigenvalue weighted by Crippen LogP contribution is -2.03. The number of hydrogen-bond acceptors (Lipinski definition) is 3. The summed E-state index contributed by atoms with van der Waals surface area (Å²) in [6.45, 7) is 0. The lowest BCUT2D eigenvalue weighted by molar-refractivity contribution is 0.0692. The summed E-state index contributed by atoms with van der Waals surface area (Å²) in [7, 11) is 2.41. The number of carbonyl (C=O) groups is 1. The first-order chi connectivity index (χ1) is 7.51. The Morgan fingerprint density at radius 3 is 2.19 bits per heavy atom. The fraction of sp³-hybridized carbons (Fsp3) is 0.300. The van der Waals surface area contributed by atoms with Crippen LogP contribution >= 0.6 is 0 Å². The number of halogens is 2. The number of carboxylic acids is 1. The molecule has 4 nitrogen and oxygen atoms in total. The van der Waals surface area contributed by atoms with Crippen molar-refractivity contribution in [1.82, 2.24) is 0 Å². The zero-order valence-corrected chi connectivity index (χ0v) is 8.66. The summed E-state index contributed by atoms with van der Waals surface area (Å²) in [6.07, 6.45) is -2.76. The van der Waals surface area contributed by atoms with Crippen molar-refractivity contribution in [2.75, 3.05) is 14.2 Å². The van der Waals surface area contributed by atoms with Gasteiger partial charge in [-0.25, -0.2) is 13.6 Å². The lowest BCUT2D eigenvalue weighted by Gasteiger charge is -2.12. The molecule has 6 heteroatoms. The van der Waals surface area contributed by atoms with Crippen LogP contribution in [0.25, 0.3) is 0 Å². The molecule has 0 spiro atoms. The van der Waals surface area contributed by atoms with E-state index < -0.39 is 18.0 Å². The number of alkyl halides is 2. The van der Waals surface area contributed by atoms with E-state index in [1.807, 2.05) is 0 Å². The van der Waals surface area contributed by atoms with Crippen LogP contribution in [0.2, 0.25) is 0 Å². The van der Waals surface area contributed by atoms with Gasteiger partial charge in [-0.15, -0.1) is 0 Å². The Balaban J connectivity index is 3.40. The second-order valence-electron chi connectivity index (χ2n) is 2.90. The molecule has 1 aromatic carbocycles. The van der Waals surface area contributed by atoms with Crippen molar-refractivity contribution in [3.8, 4) is 11.5 Å². The van der Waals surface area contributed by atoms with E-state index in [1.54, 1.807) is 0 Å². The first kappa shape index (κ1) is 12.2. The Morgan fingerprint density at radius 2 is 1.81 bits per heavy atom. The molecule has 0 unspecified atom stereocenters. The standard InChI is InChI=1S/C10H10F2O4/c1-15-7-4-6(10(13)14)8(16-2)3-5(7)9(11)12/h3-4,9H,1-2H3,(H,13,14). The molecule has 0 amide bonds. The molecule has 0 fully saturated rings. The highest BCUT2D eigenvalue weighted by atomic mass is 19.3. The van der Waals surface area contributed by atoms with Gasteiger partial charge in [-0.05, 0) is 12.1 Å². The summed E-state index contributed by atoms with van der Waals surface area (Å²) >= 11 is 0. The maximum atomic E-state index is 12.6. The number of hydrogen-bond donors (Lipinski definition) is 1. The van der Waals surface area contributed by atoms with Gasteiger partial charge in [-0.3, -0.25) is 0 Å². The largest absolute Gasteiger partial charge is 0.496 e. The molecule has 0 heterocycles. The number of methoxy groups -OCH3 is 2. The molecule has 1 rings (SSSR count). The minimum absolute atomic E-state index is 0.122. The second-order valence-corrected chi connectivity index (χ2v) is 2.90. The molecule has 1 N–H and O–H groups in total. The number of aromatic carboxylic acids is 1. The second kappa shape index (κ2) is 4.78. The van der Waals surface area contributed by atoms with Gasteiger partial charge in [0.05, 0.1) is 19.8 Å². The van der Waals surface area contributed by atoms with Gasteiger partial charge in [-0.2, -0.15) is 0 Å². The van der Waals surface area contributed by atoms with E-state index in [-0.39, 0.29) is 17.1 Å². The van der Waals surface area contributed by atoms with Gasteiger partial charge in [0.25, 0.3) is 6.43 Å². The van der Waals surface area contributed by atoms with Gasteiger partial charge in [0.1, 0.15) is 17.1 Å². The highest BCUT2D eigenvalue weighted by Crippen LogP contribution is 2.34. The van der Waals surface area contributed by atoms with Crippen molar-refractivity contribution in [3.05, 3.63) is 23.3 Å². The maximum absolute atomic E-state index is 12.6. The molecular formula is C10H10F2O4. The zero-order valence-electron chi connectivity index (χ0n) is 8.66. The van der Waals surface area contributed by atoms with Crippen LogP contribution in [0.5, 0.6) is 11.5 Å². The van der Waals surface area contributed by atoms with Gasteiger partial charge < -0.3 is 14.6 Å². The molecule has 1 aromatic rings. The first-order valence-corrected chi connectivity index (χ1v) is 4.28. The predicted octanol–water partition coefficient (Wildman–Crippen LogP) is 2.34. The van der Waals surface area contributed by atoms with Crippen LogP contribution < -0.4 is 9.47 Å². The summed E-state index contributed by atoms with van der Waals surface area (Å²) in [5.74, 6) is -1.56. The molecule has 88 valence electrons. The highest BCUT2D eigenvalue weighted by Gasteiger charge is 2.20. The average molecular weight is 232 g/mol. The normalized spacial score (nSPS) is 10.3. The number of ether oxygens (including phenoxy) is 2. The molecule has 16 heavy (non-hydrogen) atoms. The third-order valence-electron chi connectivity index (χ3n) is 2.02. The topological polar surface area (TPSA) is 55.8 Å². The average Bonchev–Trinajstić information content (AvgIpc) is 2.26. The van der Waals surface area contributed by atoms with E-state index in [0.29, 0.717) is 0 Å². The Bertz CT molecular complexity index is 404. The summed E-state index contributed by atoms with van der Waals surface area (Å²) in [6, 6.07) is 1.98. The Hall–Kier alpha value is -1.85. The van der Waals surface area contributed by atoms with Crippen molar-refractivity contribution in [2.24, 2.45) is 0 Å². The van der Waals surface area contributed by atoms with Crippen LogP contribution in [0.1, 0.15) is 22.3 Å². The van der Waals surface area contributed by atoms with Crippen molar-refractivity contribution in [2.45, 2.75) is 6.43 Å². The van der Waals surface area contributed by atoms with Crippen LogP contribution in [-0.2, 0) is 0 Å². The van der Waals surface area contributed by atoms with Crippen molar-refractivity contribution in [3.63, 3.8) is 0 Å². The van der Waals surface area contributed by atoms with Crippen LogP contribution in [0.15, 0.2) is 12.1 Å². The molecule has 0 radical (unpaired) electrons. The first-order valence-electron chi connectivity index (χ1n) is 4.28. The lowest BCUT2D eigenvalue weighted by atomic mass is 10.1. The molecule has 0 aromatic heterocycles. The van der Waals surface area contributed by atoms with E-state index >= 15 is 0 Å². The van der Waals surface area contributed by atoms with E-state index in [0.717, 1.165) is 12.1 Å². The van der Waals surface area contributed by atoms with Gasteiger partial charge >= 0.3 is 5.97 Å². The summed E-state index contributed by atoms with van der Waals surface area (Å²) in [5.41, 5.74) is -0.617. The van der Waals surface area contributed by atoms with Crippen LogP contribution in [0.3, 0.4) is 0 Å². The molecule has 0 saturated heterocycles. The Kier molecular flexibility index (Phi) is 3.65. The fourth-order valence-electron chi connectivity index (χ4n) is 1.26. The molecule has 0 atom stereocenters. The SMILES string of the molecule is COc1cc(C(F)F)c(OC)cc1C(=O)O. The minimum atomic E-state index is -2.76. The predicted molar refractivity (Wildman–Crippen MR) is 51.5 cm³/mol. The van der Waals surface area contributed by atoms with E-state index in [1.165, 1.54) is 14.2 Å². The molecule has 0 aliphatic carbocycles. The van der Waals surface area contributed by atoms with Crippen molar-refractivity contribution in [1.29, 1.82) is 0 Å². The van der Waals surface area contributed by atoms with Gasteiger partial charge in [0.2, 0.25) is 0 Å². The van der Waals surface area contributed by atoms with Gasteiger partial charge in [0.15, 0.2) is 0 Å². The fourth-order valence-corrected chi connectivity index (χ4v) is 1.26. The van der Waals surface area contributed by atoms with Gasteiger partial charge in [0, 0.05) is 0 Å². The molecular weight excluding hydrogens is 222 g/mol. The smallest absolute Gasteiger partial charge is 0.339 e. The van der Waals surface area contributed by atoms with E-state index in [2.05, 4.69) is 0 Å². The quantitative estimate of drug-likeness (QED) is 0.865. The minimum Gasteiger partial charge on any atom is -0.496 e.